The second-order valence-corrected chi connectivity index (χ2v) is 5.20. The van der Waals surface area contributed by atoms with E-state index in [1.54, 1.807) is 18.9 Å². The smallest absolute Gasteiger partial charge is 0.245 e. The molecule has 0 saturated carbocycles. The number of amides is 1. The van der Waals surface area contributed by atoms with Crippen LogP contribution in [0.3, 0.4) is 0 Å². The van der Waals surface area contributed by atoms with E-state index < -0.39 is 0 Å². The number of oxazole rings is 1. The number of likely N-dealkylation sites (N-methyl/N-ethyl adjacent to an activating group) is 1. The molecule has 0 aromatic carbocycles. The first-order chi connectivity index (χ1) is 9.41. The molecule has 0 radical (unpaired) electrons. The lowest BCUT2D eigenvalue weighted by molar-refractivity contribution is -0.137. The summed E-state index contributed by atoms with van der Waals surface area (Å²) in [6, 6.07) is -0.453. The number of carbonyl (C=O) groups is 1. The van der Waals surface area contributed by atoms with Crippen LogP contribution in [-0.4, -0.2) is 37.6 Å². The standard InChI is InChI=1S/C13H17N5O2/c1-6-10(20-9(4)14-6)12-16-15-11-7(2)17(5)13(19)8(3)18(11)12/h7-8H,1-5H3/t7-,8-/m0/s1. The van der Waals surface area contributed by atoms with Gasteiger partial charge in [-0.05, 0) is 20.8 Å². The number of fused-ring (bicyclic) bond motifs is 1. The quantitative estimate of drug-likeness (QED) is 0.790. The molecular weight excluding hydrogens is 258 g/mol. The second-order valence-electron chi connectivity index (χ2n) is 5.20. The van der Waals surface area contributed by atoms with Gasteiger partial charge in [-0.2, -0.15) is 0 Å². The molecule has 7 heteroatoms. The van der Waals surface area contributed by atoms with Crippen LogP contribution in [0.4, 0.5) is 0 Å². The van der Waals surface area contributed by atoms with Crippen molar-refractivity contribution in [1.29, 1.82) is 0 Å². The van der Waals surface area contributed by atoms with Crippen LogP contribution in [0.15, 0.2) is 4.42 Å². The number of carbonyl (C=O) groups excluding carboxylic acids is 1. The number of nitrogens with zero attached hydrogens (tertiary/aromatic N) is 5. The molecule has 0 bridgehead atoms. The van der Waals surface area contributed by atoms with Crippen molar-refractivity contribution in [3.8, 4) is 11.6 Å². The largest absolute Gasteiger partial charge is 0.437 e. The van der Waals surface area contributed by atoms with Crippen molar-refractivity contribution in [3.05, 3.63) is 17.4 Å². The Labute approximate surface area is 116 Å². The number of aromatic nitrogens is 4. The molecule has 3 rings (SSSR count). The minimum Gasteiger partial charge on any atom is -0.437 e. The highest BCUT2D eigenvalue weighted by atomic mass is 16.4. The van der Waals surface area contributed by atoms with E-state index in [0.29, 0.717) is 17.5 Å². The van der Waals surface area contributed by atoms with Crippen LogP contribution in [0.2, 0.25) is 0 Å². The molecule has 7 nitrogen and oxygen atoms in total. The van der Waals surface area contributed by atoms with Gasteiger partial charge in [-0.25, -0.2) is 4.98 Å². The van der Waals surface area contributed by atoms with Crippen molar-refractivity contribution in [2.24, 2.45) is 0 Å². The molecule has 0 spiro atoms. The van der Waals surface area contributed by atoms with Gasteiger partial charge in [0.2, 0.25) is 11.7 Å². The van der Waals surface area contributed by atoms with Gasteiger partial charge >= 0.3 is 0 Å². The third-order valence-corrected chi connectivity index (χ3v) is 3.88. The summed E-state index contributed by atoms with van der Waals surface area (Å²) in [5, 5.41) is 8.44. The minimum atomic E-state index is -0.346. The molecule has 20 heavy (non-hydrogen) atoms. The van der Waals surface area contributed by atoms with Gasteiger partial charge < -0.3 is 9.32 Å². The number of aryl methyl sites for hydroxylation is 2. The number of hydrogen-bond acceptors (Lipinski definition) is 5. The molecule has 106 valence electrons. The van der Waals surface area contributed by atoms with Crippen LogP contribution in [0, 0.1) is 13.8 Å². The van der Waals surface area contributed by atoms with Crippen molar-refractivity contribution in [2.45, 2.75) is 39.8 Å². The molecule has 1 aliphatic heterocycles. The molecule has 0 fully saturated rings. The normalized spacial score (nSPS) is 22.2. The van der Waals surface area contributed by atoms with Gasteiger partial charge in [0, 0.05) is 14.0 Å². The summed E-state index contributed by atoms with van der Waals surface area (Å²) in [5.74, 6) is 2.54. The molecule has 2 aromatic heterocycles. The molecule has 0 saturated heterocycles. The van der Waals surface area contributed by atoms with E-state index in [0.717, 1.165) is 11.5 Å². The monoisotopic (exact) mass is 275 g/mol. The van der Waals surface area contributed by atoms with Crippen LogP contribution in [-0.2, 0) is 4.79 Å². The predicted molar refractivity (Wildman–Crippen MR) is 70.9 cm³/mol. The molecule has 0 aliphatic carbocycles. The van der Waals surface area contributed by atoms with E-state index in [2.05, 4.69) is 15.2 Å². The maximum Gasteiger partial charge on any atom is 0.245 e. The Hall–Kier alpha value is -2.18. The van der Waals surface area contributed by atoms with Crippen LogP contribution in [0.5, 0.6) is 0 Å². The summed E-state index contributed by atoms with van der Waals surface area (Å²) in [7, 11) is 1.78. The third-order valence-electron chi connectivity index (χ3n) is 3.88. The highest BCUT2D eigenvalue weighted by Gasteiger charge is 2.37. The van der Waals surface area contributed by atoms with Crippen molar-refractivity contribution in [2.75, 3.05) is 7.05 Å². The highest BCUT2D eigenvalue weighted by molar-refractivity contribution is 5.82. The fourth-order valence-corrected chi connectivity index (χ4v) is 2.63. The molecule has 1 aliphatic rings. The molecular formula is C13H17N5O2. The number of hydrogen-bond donors (Lipinski definition) is 0. The molecule has 2 aromatic rings. The number of rotatable bonds is 1. The van der Waals surface area contributed by atoms with Gasteiger partial charge in [-0.3, -0.25) is 9.36 Å². The van der Waals surface area contributed by atoms with E-state index in [-0.39, 0.29) is 18.0 Å². The zero-order valence-corrected chi connectivity index (χ0v) is 12.2. The van der Waals surface area contributed by atoms with Gasteiger partial charge in [0.1, 0.15) is 6.04 Å². The minimum absolute atomic E-state index is 0.0416. The van der Waals surface area contributed by atoms with E-state index in [1.807, 2.05) is 25.3 Å². The van der Waals surface area contributed by atoms with E-state index in [1.165, 1.54) is 0 Å². The summed E-state index contributed by atoms with van der Waals surface area (Å²) in [5.41, 5.74) is 0.754. The topological polar surface area (TPSA) is 77.1 Å². The van der Waals surface area contributed by atoms with Crippen LogP contribution in [0.25, 0.3) is 11.6 Å². The van der Waals surface area contributed by atoms with Crippen molar-refractivity contribution >= 4 is 5.91 Å². The molecule has 1 amide bonds. The van der Waals surface area contributed by atoms with E-state index in [4.69, 9.17) is 4.42 Å². The highest BCUT2D eigenvalue weighted by Crippen LogP contribution is 2.34. The van der Waals surface area contributed by atoms with Gasteiger partial charge in [0.25, 0.3) is 0 Å². The summed E-state index contributed by atoms with van der Waals surface area (Å²) in [6.45, 7) is 7.43. The maximum absolute atomic E-state index is 12.3. The average Bonchev–Trinajstić information content (AvgIpc) is 2.97. The summed E-state index contributed by atoms with van der Waals surface area (Å²) < 4.78 is 7.46. The van der Waals surface area contributed by atoms with Gasteiger partial charge in [-0.15, -0.1) is 10.2 Å². The van der Waals surface area contributed by atoms with Gasteiger partial charge in [0.15, 0.2) is 17.5 Å². The lowest BCUT2D eigenvalue weighted by Gasteiger charge is -2.34. The third kappa shape index (κ3) is 1.59. The predicted octanol–water partition coefficient (Wildman–Crippen LogP) is 1.64. The molecule has 0 unspecified atom stereocenters. The fraction of sp³-hybridized carbons (Fsp3) is 0.538. The van der Waals surface area contributed by atoms with Crippen LogP contribution >= 0.6 is 0 Å². The Kier molecular flexibility index (Phi) is 2.67. The lowest BCUT2D eigenvalue weighted by Crippen LogP contribution is -2.41. The summed E-state index contributed by atoms with van der Waals surface area (Å²) in [6.07, 6.45) is 0. The van der Waals surface area contributed by atoms with Crippen LogP contribution in [0.1, 0.15) is 43.3 Å². The summed E-state index contributed by atoms with van der Waals surface area (Å²) in [4.78, 5) is 18.2. The first kappa shape index (κ1) is 12.8. The maximum atomic E-state index is 12.3. The Balaban J connectivity index is 2.20. The Morgan fingerprint density at radius 3 is 2.45 bits per heavy atom. The Bertz CT molecular complexity index is 687. The average molecular weight is 275 g/mol. The van der Waals surface area contributed by atoms with E-state index >= 15 is 0 Å². The SMILES string of the molecule is Cc1nc(C)c(-c2nnc3n2[C@@H](C)C(=O)N(C)[C@H]3C)o1. The van der Waals surface area contributed by atoms with Gasteiger partial charge in [0.05, 0.1) is 11.7 Å². The Morgan fingerprint density at radius 2 is 1.85 bits per heavy atom. The molecule has 3 heterocycles. The molecule has 2 atom stereocenters. The second kappa shape index (κ2) is 4.16. The first-order valence-electron chi connectivity index (χ1n) is 6.57. The first-order valence-corrected chi connectivity index (χ1v) is 6.57. The van der Waals surface area contributed by atoms with Gasteiger partial charge in [-0.1, -0.05) is 0 Å². The lowest BCUT2D eigenvalue weighted by atomic mass is 10.1. The van der Waals surface area contributed by atoms with E-state index in [9.17, 15) is 4.79 Å². The zero-order valence-electron chi connectivity index (χ0n) is 12.2. The summed E-state index contributed by atoms with van der Waals surface area (Å²) >= 11 is 0. The van der Waals surface area contributed by atoms with Crippen molar-refractivity contribution in [1.82, 2.24) is 24.6 Å². The zero-order chi connectivity index (χ0) is 14.6. The Morgan fingerprint density at radius 1 is 1.15 bits per heavy atom. The van der Waals surface area contributed by atoms with Crippen molar-refractivity contribution < 1.29 is 9.21 Å². The van der Waals surface area contributed by atoms with Crippen LogP contribution < -0.4 is 0 Å². The fourth-order valence-electron chi connectivity index (χ4n) is 2.63. The van der Waals surface area contributed by atoms with Crippen molar-refractivity contribution in [3.63, 3.8) is 0 Å². The molecule has 0 N–H and O–H groups in total.